The summed E-state index contributed by atoms with van der Waals surface area (Å²) in [4.78, 5) is 23.5. The smallest absolute Gasteiger partial charge is 0.418 e. The summed E-state index contributed by atoms with van der Waals surface area (Å²) in [7, 11) is 0. The molecule has 0 atom stereocenters. The van der Waals surface area contributed by atoms with Crippen LogP contribution in [0, 0.1) is 17.0 Å². The lowest BCUT2D eigenvalue weighted by molar-refractivity contribution is -0.385. The molecule has 3 rings (SSSR count). The summed E-state index contributed by atoms with van der Waals surface area (Å²) < 4.78 is 45.6. The van der Waals surface area contributed by atoms with Crippen LogP contribution >= 0.6 is 23.6 Å². The number of esters is 1. The number of thiocarbonyl (C=S) groups is 1. The van der Waals surface area contributed by atoms with Gasteiger partial charge in [-0.1, -0.05) is 30.3 Å². The maximum absolute atomic E-state index is 13.5. The molecule has 0 unspecified atom stereocenters. The number of nitro benzene ring substituents is 1. The number of benzene rings is 2. The Hall–Kier alpha value is -3.51. The second kappa shape index (κ2) is 10.2. The molecular weight excluding hydrogens is 491 g/mol. The van der Waals surface area contributed by atoms with Crippen LogP contribution in [0.5, 0.6) is 0 Å². The van der Waals surface area contributed by atoms with Gasteiger partial charge in [0.15, 0.2) is 5.11 Å². The lowest BCUT2D eigenvalue weighted by Crippen LogP contribution is -2.22. The van der Waals surface area contributed by atoms with Gasteiger partial charge in [-0.2, -0.15) is 13.2 Å². The lowest BCUT2D eigenvalue weighted by Gasteiger charge is -2.16. The van der Waals surface area contributed by atoms with Crippen molar-refractivity contribution in [2.45, 2.75) is 20.0 Å². The van der Waals surface area contributed by atoms with E-state index in [1.54, 1.807) is 13.8 Å². The highest BCUT2D eigenvalue weighted by atomic mass is 32.1. The topological polar surface area (TPSA) is 93.5 Å². The number of carbonyl (C=O) groups is 1. The Morgan fingerprint density at radius 3 is 2.44 bits per heavy atom. The van der Waals surface area contributed by atoms with Crippen LogP contribution in [0.25, 0.3) is 11.1 Å². The van der Waals surface area contributed by atoms with Gasteiger partial charge in [0.2, 0.25) is 0 Å². The van der Waals surface area contributed by atoms with Crippen molar-refractivity contribution in [3.8, 4) is 11.1 Å². The van der Waals surface area contributed by atoms with Gasteiger partial charge in [0.25, 0.3) is 5.69 Å². The first-order chi connectivity index (χ1) is 16.0. The van der Waals surface area contributed by atoms with Gasteiger partial charge in [0.05, 0.1) is 22.8 Å². The lowest BCUT2D eigenvalue weighted by atomic mass is 10.0. The fraction of sp³-hybridized carbons (Fsp3) is 0.182. The number of alkyl halides is 3. The molecule has 7 nitrogen and oxygen atoms in total. The number of anilines is 2. The van der Waals surface area contributed by atoms with Crippen molar-refractivity contribution in [2.24, 2.45) is 0 Å². The fourth-order valence-corrected chi connectivity index (χ4v) is 4.57. The molecule has 12 heteroatoms. The Bertz CT molecular complexity index is 1240. The van der Waals surface area contributed by atoms with Crippen LogP contribution in [-0.2, 0) is 10.9 Å². The second-order valence-corrected chi connectivity index (χ2v) is 8.52. The van der Waals surface area contributed by atoms with Crippen molar-refractivity contribution >= 4 is 51.0 Å². The van der Waals surface area contributed by atoms with Crippen molar-refractivity contribution in [1.82, 2.24) is 0 Å². The molecular formula is C22H18F3N3O4S2. The van der Waals surface area contributed by atoms with Crippen LogP contribution in [0.15, 0.2) is 48.5 Å². The molecule has 0 radical (unpaired) electrons. The van der Waals surface area contributed by atoms with E-state index in [4.69, 9.17) is 17.0 Å². The molecule has 2 N–H and O–H groups in total. The predicted molar refractivity (Wildman–Crippen MR) is 128 cm³/mol. The first-order valence-electron chi connectivity index (χ1n) is 9.82. The summed E-state index contributed by atoms with van der Waals surface area (Å²) in [6.07, 6.45) is -4.86. The SMILES string of the molecule is CCOC(=O)c1c(NC(=S)Nc2ccc([N+](=O)[O-])cc2C(F)(F)F)sc(C)c1-c1ccccc1. The van der Waals surface area contributed by atoms with E-state index in [9.17, 15) is 28.1 Å². The van der Waals surface area contributed by atoms with E-state index in [1.807, 2.05) is 30.3 Å². The average Bonchev–Trinajstić information content (AvgIpc) is 3.09. The summed E-state index contributed by atoms with van der Waals surface area (Å²) in [6.45, 7) is 3.59. The van der Waals surface area contributed by atoms with Gasteiger partial charge in [0.1, 0.15) is 10.6 Å². The molecule has 0 saturated carbocycles. The van der Waals surface area contributed by atoms with Crippen LogP contribution in [0.4, 0.5) is 29.5 Å². The van der Waals surface area contributed by atoms with Crippen LogP contribution in [0.1, 0.15) is 27.7 Å². The van der Waals surface area contributed by atoms with E-state index in [0.29, 0.717) is 16.6 Å². The van der Waals surface area contributed by atoms with E-state index in [0.717, 1.165) is 22.6 Å². The molecule has 0 spiro atoms. The molecule has 1 aromatic heterocycles. The van der Waals surface area contributed by atoms with Gasteiger partial charge in [0, 0.05) is 22.6 Å². The normalized spacial score (nSPS) is 11.1. The van der Waals surface area contributed by atoms with E-state index < -0.39 is 34.0 Å². The summed E-state index contributed by atoms with van der Waals surface area (Å²) >= 11 is 6.39. The van der Waals surface area contributed by atoms with E-state index in [2.05, 4.69) is 10.6 Å². The largest absolute Gasteiger partial charge is 0.462 e. The number of nitrogens with one attached hydrogen (secondary N) is 2. The third-order valence-electron chi connectivity index (χ3n) is 4.62. The summed E-state index contributed by atoms with van der Waals surface area (Å²) in [6, 6.07) is 11.4. The number of carbonyl (C=O) groups excluding carboxylic acids is 1. The zero-order chi connectivity index (χ0) is 25.0. The van der Waals surface area contributed by atoms with Crippen molar-refractivity contribution in [3.63, 3.8) is 0 Å². The number of hydrogen-bond donors (Lipinski definition) is 2. The molecule has 3 aromatic rings. The minimum atomic E-state index is -4.86. The molecule has 0 fully saturated rings. The highest BCUT2D eigenvalue weighted by molar-refractivity contribution is 7.80. The number of rotatable bonds is 6. The number of ether oxygens (including phenoxy) is 1. The molecule has 0 aliphatic heterocycles. The van der Waals surface area contributed by atoms with Gasteiger partial charge >= 0.3 is 12.1 Å². The molecule has 0 aliphatic rings. The molecule has 1 heterocycles. The minimum Gasteiger partial charge on any atom is -0.462 e. The maximum Gasteiger partial charge on any atom is 0.418 e. The zero-order valence-electron chi connectivity index (χ0n) is 17.9. The summed E-state index contributed by atoms with van der Waals surface area (Å²) in [5.74, 6) is -0.609. The van der Waals surface area contributed by atoms with Crippen LogP contribution < -0.4 is 10.6 Å². The Labute approximate surface area is 201 Å². The Kier molecular flexibility index (Phi) is 7.52. The zero-order valence-corrected chi connectivity index (χ0v) is 19.5. The van der Waals surface area contributed by atoms with Gasteiger partial charge in [-0.15, -0.1) is 11.3 Å². The molecule has 0 bridgehead atoms. The number of hydrogen-bond acceptors (Lipinski definition) is 6. The number of nitro groups is 1. The van der Waals surface area contributed by atoms with E-state index in [-0.39, 0.29) is 17.3 Å². The van der Waals surface area contributed by atoms with Gasteiger partial charge in [-0.05, 0) is 37.7 Å². The predicted octanol–water partition coefficient (Wildman–Crippen LogP) is 6.64. The molecule has 2 aromatic carbocycles. The highest BCUT2D eigenvalue weighted by Crippen LogP contribution is 2.41. The van der Waals surface area contributed by atoms with Crippen LogP contribution in [0.3, 0.4) is 0 Å². The first-order valence-corrected chi connectivity index (χ1v) is 11.0. The standard InChI is InChI=1S/C22H18F3N3O4S2/c1-3-32-20(29)18-17(13-7-5-4-6-8-13)12(2)34-19(18)27-21(33)26-16-10-9-14(28(30)31)11-15(16)22(23,24)25/h4-11H,3H2,1-2H3,(H2,26,27,33). The maximum atomic E-state index is 13.5. The Morgan fingerprint density at radius 1 is 1.18 bits per heavy atom. The number of aryl methyl sites for hydroxylation is 1. The number of halogens is 3. The third-order valence-corrected chi connectivity index (χ3v) is 5.85. The summed E-state index contributed by atoms with van der Waals surface area (Å²) in [5.41, 5.74) is -0.822. The average molecular weight is 510 g/mol. The van der Waals surface area contributed by atoms with Crippen molar-refractivity contribution in [1.29, 1.82) is 0 Å². The van der Waals surface area contributed by atoms with E-state index in [1.165, 1.54) is 11.3 Å². The van der Waals surface area contributed by atoms with Crippen LogP contribution in [-0.4, -0.2) is 22.6 Å². The monoisotopic (exact) mass is 509 g/mol. The first kappa shape index (κ1) is 25.1. The minimum absolute atomic E-state index is 0.127. The molecule has 178 valence electrons. The number of nitrogens with zero attached hydrogens (tertiary/aromatic N) is 1. The number of thiophene rings is 1. The van der Waals surface area contributed by atoms with Gasteiger partial charge in [-0.25, -0.2) is 4.79 Å². The highest BCUT2D eigenvalue weighted by Gasteiger charge is 2.35. The van der Waals surface area contributed by atoms with E-state index >= 15 is 0 Å². The van der Waals surface area contributed by atoms with Crippen molar-refractivity contribution in [3.05, 3.63) is 74.6 Å². The molecule has 0 saturated heterocycles. The third kappa shape index (κ3) is 5.51. The Morgan fingerprint density at radius 2 is 1.85 bits per heavy atom. The van der Waals surface area contributed by atoms with Gasteiger partial charge < -0.3 is 15.4 Å². The summed E-state index contributed by atoms with van der Waals surface area (Å²) in [5, 5.41) is 16.2. The molecule has 34 heavy (non-hydrogen) atoms. The van der Waals surface area contributed by atoms with Crippen molar-refractivity contribution in [2.75, 3.05) is 17.2 Å². The fourth-order valence-electron chi connectivity index (χ4n) is 3.23. The molecule has 0 aliphatic carbocycles. The quantitative estimate of drug-likeness (QED) is 0.167. The molecule has 0 amide bonds. The van der Waals surface area contributed by atoms with Crippen LogP contribution in [0.2, 0.25) is 0 Å². The van der Waals surface area contributed by atoms with Crippen molar-refractivity contribution < 1.29 is 27.6 Å². The van der Waals surface area contributed by atoms with Gasteiger partial charge in [-0.3, -0.25) is 10.1 Å². The number of non-ortho nitro benzene ring substituents is 1. The Balaban J connectivity index is 1.97. The second-order valence-electron chi connectivity index (χ2n) is 6.89.